The van der Waals surface area contributed by atoms with E-state index in [1.165, 1.54) is 26.0 Å². The molecule has 2 aromatic rings. The monoisotopic (exact) mass is 318 g/mol. The van der Waals surface area contributed by atoms with Gasteiger partial charge in [0.1, 0.15) is 0 Å². The molecule has 2 heterocycles. The number of nitro groups is 1. The molecule has 1 aromatic heterocycles. The van der Waals surface area contributed by atoms with Gasteiger partial charge in [0, 0.05) is 43.1 Å². The van der Waals surface area contributed by atoms with Gasteiger partial charge in [-0.15, -0.1) is 0 Å². The third kappa shape index (κ3) is 2.75. The molecule has 1 aromatic carbocycles. The molecule has 0 atom stereocenters. The molecule has 0 saturated carbocycles. The van der Waals surface area contributed by atoms with Crippen LogP contribution >= 0.6 is 0 Å². The van der Waals surface area contributed by atoms with Gasteiger partial charge >= 0.3 is 11.9 Å². The van der Waals surface area contributed by atoms with Crippen LogP contribution in [0.4, 0.5) is 5.69 Å². The van der Waals surface area contributed by atoms with Crippen molar-refractivity contribution in [3.05, 3.63) is 40.1 Å². The number of aromatic amines is 1. The number of esters is 2. The minimum atomic E-state index is -1.27. The van der Waals surface area contributed by atoms with Gasteiger partial charge in [-0.3, -0.25) is 19.7 Å². The molecule has 1 fully saturated rings. The number of cyclic esters (lactones) is 2. The standard InChI is InChI=1S/C15H14N2O6/c1-15(2)22-13(18)11(14(19)23-15)5-8-7-16-12-4-3-9(17(20)21)6-10(8)12/h3-4,6-7,11,16H,5H2,1-2H3. The molecule has 23 heavy (non-hydrogen) atoms. The number of hydrogen-bond donors (Lipinski definition) is 1. The molecule has 0 radical (unpaired) electrons. The van der Waals surface area contributed by atoms with Gasteiger partial charge in [0.25, 0.3) is 11.5 Å². The summed E-state index contributed by atoms with van der Waals surface area (Å²) in [6.07, 6.45) is 1.67. The van der Waals surface area contributed by atoms with Crippen molar-refractivity contribution in [2.75, 3.05) is 0 Å². The van der Waals surface area contributed by atoms with Crippen molar-refractivity contribution in [1.82, 2.24) is 4.98 Å². The van der Waals surface area contributed by atoms with Crippen LogP contribution in [0.15, 0.2) is 24.4 Å². The lowest BCUT2D eigenvalue weighted by Gasteiger charge is -2.32. The lowest BCUT2D eigenvalue weighted by Crippen LogP contribution is -2.46. The number of carbonyl (C=O) groups is 2. The van der Waals surface area contributed by atoms with Crippen LogP contribution in [0.5, 0.6) is 0 Å². The van der Waals surface area contributed by atoms with Crippen molar-refractivity contribution in [2.24, 2.45) is 5.92 Å². The highest BCUT2D eigenvalue weighted by Gasteiger charge is 2.43. The second-order valence-corrected chi connectivity index (χ2v) is 5.80. The first-order valence-corrected chi connectivity index (χ1v) is 6.97. The fourth-order valence-corrected chi connectivity index (χ4v) is 2.58. The number of nitro benzene ring substituents is 1. The first kappa shape index (κ1) is 15.0. The van der Waals surface area contributed by atoms with E-state index >= 15 is 0 Å². The lowest BCUT2D eigenvalue weighted by molar-refractivity contribution is -0.384. The number of benzene rings is 1. The maximum Gasteiger partial charge on any atom is 0.323 e. The second-order valence-electron chi connectivity index (χ2n) is 5.80. The third-order valence-electron chi connectivity index (χ3n) is 3.65. The Morgan fingerprint density at radius 2 is 1.91 bits per heavy atom. The summed E-state index contributed by atoms with van der Waals surface area (Å²) in [7, 11) is 0. The Bertz CT molecular complexity index is 802. The van der Waals surface area contributed by atoms with Gasteiger partial charge in [-0.1, -0.05) is 0 Å². The average molecular weight is 318 g/mol. The summed E-state index contributed by atoms with van der Waals surface area (Å²) in [6.45, 7) is 2.96. The van der Waals surface area contributed by atoms with Gasteiger partial charge in [0.15, 0.2) is 5.92 Å². The molecule has 8 heteroatoms. The molecule has 0 spiro atoms. The molecule has 1 saturated heterocycles. The van der Waals surface area contributed by atoms with Crippen molar-refractivity contribution < 1.29 is 24.0 Å². The Morgan fingerprint density at radius 1 is 1.26 bits per heavy atom. The summed E-state index contributed by atoms with van der Waals surface area (Å²) in [6, 6.07) is 4.37. The van der Waals surface area contributed by atoms with E-state index < -0.39 is 28.6 Å². The molecular weight excluding hydrogens is 304 g/mol. The number of non-ortho nitro benzene ring substituents is 1. The van der Waals surface area contributed by atoms with Crippen LogP contribution in [0, 0.1) is 16.0 Å². The lowest BCUT2D eigenvalue weighted by atomic mass is 9.98. The van der Waals surface area contributed by atoms with E-state index in [2.05, 4.69) is 4.98 Å². The SMILES string of the molecule is CC1(C)OC(=O)C(Cc2c[nH]c3ccc([N+](=O)[O-])cc23)C(=O)O1. The molecule has 8 nitrogen and oxygen atoms in total. The van der Waals surface area contributed by atoms with Gasteiger partial charge in [-0.25, -0.2) is 0 Å². The van der Waals surface area contributed by atoms with Crippen molar-refractivity contribution in [2.45, 2.75) is 26.1 Å². The van der Waals surface area contributed by atoms with E-state index in [-0.39, 0.29) is 12.1 Å². The molecule has 120 valence electrons. The van der Waals surface area contributed by atoms with Gasteiger partial charge < -0.3 is 14.5 Å². The Balaban J connectivity index is 1.92. The van der Waals surface area contributed by atoms with E-state index in [1.807, 2.05) is 0 Å². The van der Waals surface area contributed by atoms with E-state index in [4.69, 9.17) is 9.47 Å². The zero-order chi connectivity index (χ0) is 16.8. The number of H-pyrrole nitrogens is 1. The van der Waals surface area contributed by atoms with Crippen molar-refractivity contribution in [1.29, 1.82) is 0 Å². The molecule has 1 N–H and O–H groups in total. The number of ether oxygens (including phenoxy) is 2. The largest absolute Gasteiger partial charge is 0.422 e. The van der Waals surface area contributed by atoms with Crippen LogP contribution in [0.1, 0.15) is 19.4 Å². The molecule has 1 aliphatic heterocycles. The summed E-state index contributed by atoms with van der Waals surface area (Å²) < 4.78 is 10.2. The van der Waals surface area contributed by atoms with E-state index in [0.29, 0.717) is 16.5 Å². The Morgan fingerprint density at radius 3 is 2.52 bits per heavy atom. The maximum absolute atomic E-state index is 12.0. The van der Waals surface area contributed by atoms with E-state index in [9.17, 15) is 19.7 Å². The summed E-state index contributed by atoms with van der Waals surface area (Å²) in [5, 5.41) is 11.5. The number of carbonyl (C=O) groups excluding carboxylic acids is 2. The normalized spacial score (nSPS) is 17.8. The second kappa shape index (κ2) is 5.08. The molecule has 0 amide bonds. The number of hydrogen-bond acceptors (Lipinski definition) is 6. The zero-order valence-electron chi connectivity index (χ0n) is 12.5. The summed E-state index contributed by atoms with van der Waals surface area (Å²) in [5.41, 5.74) is 1.24. The zero-order valence-corrected chi connectivity index (χ0v) is 12.5. The number of rotatable bonds is 3. The van der Waals surface area contributed by atoms with Crippen LogP contribution in [0.3, 0.4) is 0 Å². The number of nitrogens with one attached hydrogen (secondary N) is 1. The Labute approximate surface area is 130 Å². The van der Waals surface area contributed by atoms with Crippen molar-refractivity contribution in [3.8, 4) is 0 Å². The predicted molar refractivity (Wildman–Crippen MR) is 78.4 cm³/mol. The van der Waals surface area contributed by atoms with Gasteiger partial charge in [0.2, 0.25) is 0 Å². The van der Waals surface area contributed by atoms with Crippen LogP contribution in [0.2, 0.25) is 0 Å². The fourth-order valence-electron chi connectivity index (χ4n) is 2.58. The topological polar surface area (TPSA) is 112 Å². The number of nitrogens with zero attached hydrogens (tertiary/aromatic N) is 1. The quantitative estimate of drug-likeness (QED) is 0.401. The van der Waals surface area contributed by atoms with Crippen LogP contribution in [-0.4, -0.2) is 27.6 Å². The summed E-state index contributed by atoms with van der Waals surface area (Å²) in [5.74, 6) is -3.68. The minimum absolute atomic E-state index is 0.0505. The molecule has 0 aliphatic carbocycles. The van der Waals surface area contributed by atoms with Crippen molar-refractivity contribution in [3.63, 3.8) is 0 Å². The molecule has 3 rings (SSSR count). The van der Waals surface area contributed by atoms with Gasteiger partial charge in [-0.05, 0) is 18.1 Å². The molecule has 0 unspecified atom stereocenters. The average Bonchev–Trinajstić information content (AvgIpc) is 2.84. The number of aromatic nitrogens is 1. The summed E-state index contributed by atoms with van der Waals surface area (Å²) in [4.78, 5) is 37.4. The molecule has 0 bridgehead atoms. The van der Waals surface area contributed by atoms with Gasteiger partial charge in [0.05, 0.1) is 4.92 Å². The number of fused-ring (bicyclic) bond motifs is 1. The minimum Gasteiger partial charge on any atom is -0.422 e. The van der Waals surface area contributed by atoms with E-state index in [1.54, 1.807) is 12.3 Å². The highest BCUT2D eigenvalue weighted by atomic mass is 16.7. The summed E-state index contributed by atoms with van der Waals surface area (Å²) >= 11 is 0. The van der Waals surface area contributed by atoms with Crippen LogP contribution in [0.25, 0.3) is 10.9 Å². The first-order chi connectivity index (χ1) is 10.8. The fraction of sp³-hybridized carbons (Fsp3) is 0.333. The van der Waals surface area contributed by atoms with Crippen LogP contribution < -0.4 is 0 Å². The Hall–Kier alpha value is -2.90. The maximum atomic E-state index is 12.0. The molecular formula is C15H14N2O6. The van der Waals surface area contributed by atoms with E-state index in [0.717, 1.165) is 0 Å². The molecule has 1 aliphatic rings. The van der Waals surface area contributed by atoms with Crippen molar-refractivity contribution >= 4 is 28.5 Å². The highest BCUT2D eigenvalue weighted by molar-refractivity contribution is 5.97. The Kier molecular flexibility index (Phi) is 3.32. The van der Waals surface area contributed by atoms with Gasteiger partial charge in [-0.2, -0.15) is 0 Å². The highest BCUT2D eigenvalue weighted by Crippen LogP contribution is 2.29. The smallest absolute Gasteiger partial charge is 0.323 e. The predicted octanol–water partition coefficient (Wildman–Crippen LogP) is 2.07. The first-order valence-electron chi connectivity index (χ1n) is 6.97. The van der Waals surface area contributed by atoms with Crippen LogP contribution in [-0.2, 0) is 25.5 Å². The third-order valence-corrected chi connectivity index (χ3v) is 3.65.